The normalized spacial score (nSPS) is 17.7. The van der Waals surface area contributed by atoms with Crippen LogP contribution in [0.4, 0.5) is 5.69 Å². The molecular weight excluding hydrogens is 444 g/mol. The summed E-state index contributed by atoms with van der Waals surface area (Å²) >= 11 is 9.33. The van der Waals surface area contributed by atoms with Crippen molar-refractivity contribution in [3.8, 4) is 5.88 Å². The quantitative estimate of drug-likeness (QED) is 0.214. The van der Waals surface area contributed by atoms with Crippen molar-refractivity contribution in [2.24, 2.45) is 10.1 Å². The number of aryl methyl sites for hydroxylation is 1. The molecule has 1 aliphatic rings. The van der Waals surface area contributed by atoms with Gasteiger partial charge in [-0.15, -0.1) is 0 Å². The van der Waals surface area contributed by atoms with E-state index in [-0.39, 0.29) is 6.10 Å². The van der Waals surface area contributed by atoms with E-state index in [9.17, 15) is 0 Å². The van der Waals surface area contributed by atoms with Crippen molar-refractivity contribution in [3.63, 3.8) is 0 Å². The number of allylic oxidation sites excluding steroid dienone is 1. The van der Waals surface area contributed by atoms with Gasteiger partial charge in [0.25, 0.3) is 0 Å². The van der Waals surface area contributed by atoms with Crippen molar-refractivity contribution in [1.29, 1.82) is 0 Å². The van der Waals surface area contributed by atoms with E-state index in [2.05, 4.69) is 38.0 Å². The summed E-state index contributed by atoms with van der Waals surface area (Å²) in [6.45, 7) is 7.14. The highest BCUT2D eigenvalue weighted by Gasteiger charge is 2.21. The molecule has 28 heavy (non-hydrogen) atoms. The maximum atomic E-state index is 6.13. The number of oxime groups is 1. The molecule has 0 N–H and O–H groups in total. The Hall–Kier alpha value is -1.60. The van der Waals surface area contributed by atoms with Crippen molar-refractivity contribution >= 4 is 45.3 Å². The molecule has 0 bridgehead atoms. The Kier molecular flexibility index (Phi) is 9.25. The van der Waals surface area contributed by atoms with Gasteiger partial charge in [0.05, 0.1) is 27.9 Å². The molecule has 0 aliphatic heterocycles. The molecule has 0 spiro atoms. The first kappa shape index (κ1) is 22.7. The Balaban J connectivity index is 1.91. The van der Waals surface area contributed by atoms with Crippen molar-refractivity contribution < 1.29 is 9.57 Å². The van der Waals surface area contributed by atoms with E-state index in [1.807, 2.05) is 38.2 Å². The third-order valence-electron chi connectivity index (χ3n) is 4.42. The fourth-order valence-electron chi connectivity index (χ4n) is 2.58. The van der Waals surface area contributed by atoms with Gasteiger partial charge in [0, 0.05) is 18.6 Å². The SMILES string of the molecule is CCN(C)C=Nc1cc(Br)c(OC2CCC(=NOC/C=C(\C)Cl)CC2)nc1C. The smallest absolute Gasteiger partial charge is 0.228 e. The Morgan fingerprint density at radius 2 is 2.14 bits per heavy atom. The number of aromatic nitrogens is 1. The number of pyridine rings is 1. The summed E-state index contributed by atoms with van der Waals surface area (Å²) in [6, 6.07) is 1.95. The van der Waals surface area contributed by atoms with Crippen LogP contribution in [0.15, 0.2) is 31.8 Å². The van der Waals surface area contributed by atoms with Crippen molar-refractivity contribution in [2.45, 2.75) is 52.6 Å². The van der Waals surface area contributed by atoms with E-state index in [1.165, 1.54) is 0 Å². The van der Waals surface area contributed by atoms with Crippen LogP contribution in [0.1, 0.15) is 45.2 Å². The monoisotopic (exact) mass is 470 g/mol. The van der Waals surface area contributed by atoms with Crippen LogP contribution in [-0.4, -0.2) is 48.2 Å². The zero-order valence-corrected chi connectivity index (χ0v) is 19.3. The molecule has 1 heterocycles. The Labute approximate surface area is 180 Å². The Morgan fingerprint density at radius 1 is 1.43 bits per heavy atom. The lowest BCUT2D eigenvalue weighted by molar-refractivity contribution is 0.156. The molecule has 0 saturated heterocycles. The summed E-state index contributed by atoms with van der Waals surface area (Å²) in [4.78, 5) is 16.4. The fourth-order valence-corrected chi connectivity index (χ4v) is 3.04. The van der Waals surface area contributed by atoms with Crippen molar-refractivity contribution in [3.05, 3.63) is 27.3 Å². The largest absolute Gasteiger partial charge is 0.474 e. The Morgan fingerprint density at radius 3 is 2.79 bits per heavy atom. The highest BCUT2D eigenvalue weighted by molar-refractivity contribution is 9.10. The number of rotatable bonds is 8. The zero-order valence-electron chi connectivity index (χ0n) is 16.9. The molecule has 2 rings (SSSR count). The van der Waals surface area contributed by atoms with Gasteiger partial charge in [0.15, 0.2) is 0 Å². The average molecular weight is 472 g/mol. The molecule has 1 fully saturated rings. The van der Waals surface area contributed by atoms with Crippen molar-refractivity contribution in [2.75, 3.05) is 20.2 Å². The average Bonchev–Trinajstić information content (AvgIpc) is 2.67. The van der Waals surface area contributed by atoms with Gasteiger partial charge in [-0.2, -0.15) is 0 Å². The first-order valence-corrected chi connectivity index (χ1v) is 10.6. The van der Waals surface area contributed by atoms with Gasteiger partial charge >= 0.3 is 0 Å². The molecule has 0 amide bonds. The van der Waals surface area contributed by atoms with Crippen LogP contribution in [-0.2, 0) is 4.84 Å². The van der Waals surface area contributed by atoms with E-state index in [1.54, 1.807) is 6.08 Å². The lowest BCUT2D eigenvalue weighted by atomic mass is 9.96. The van der Waals surface area contributed by atoms with E-state index in [4.69, 9.17) is 21.2 Å². The number of hydrogen-bond acceptors (Lipinski definition) is 5. The number of hydrogen-bond donors (Lipinski definition) is 0. The van der Waals surface area contributed by atoms with Gasteiger partial charge in [0.2, 0.25) is 5.88 Å². The predicted octanol–water partition coefficient (Wildman–Crippen LogP) is 5.60. The van der Waals surface area contributed by atoms with Gasteiger partial charge in [-0.05, 0) is 74.5 Å². The van der Waals surface area contributed by atoms with Gasteiger partial charge in [-0.3, -0.25) is 0 Å². The maximum Gasteiger partial charge on any atom is 0.228 e. The zero-order chi connectivity index (χ0) is 20.5. The second-order valence-corrected chi connectivity index (χ2v) is 8.21. The Bertz CT molecular complexity index is 738. The third-order valence-corrected chi connectivity index (χ3v) is 5.14. The summed E-state index contributed by atoms with van der Waals surface area (Å²) in [5, 5.41) is 4.90. The van der Waals surface area contributed by atoms with E-state index >= 15 is 0 Å². The van der Waals surface area contributed by atoms with E-state index < -0.39 is 0 Å². The third kappa shape index (κ3) is 7.43. The standard InChI is InChI=1S/C20H28BrClN4O2/c1-5-26(4)13-23-19-12-18(21)20(24-15(19)3)28-17-8-6-16(7-9-17)25-27-11-10-14(2)22/h10,12-13,17H,5-9,11H2,1-4H3/b14-10+,23-13?,25-16?. The molecule has 8 heteroatoms. The first-order chi connectivity index (χ1) is 13.4. The van der Waals surface area contributed by atoms with Crippen LogP contribution in [0, 0.1) is 6.92 Å². The summed E-state index contributed by atoms with van der Waals surface area (Å²) in [6.07, 6.45) is 7.22. The lowest BCUT2D eigenvalue weighted by Gasteiger charge is -2.24. The topological polar surface area (TPSA) is 59.3 Å². The van der Waals surface area contributed by atoms with Gasteiger partial charge in [-0.25, -0.2) is 9.98 Å². The molecule has 6 nitrogen and oxygen atoms in total. The maximum absolute atomic E-state index is 6.13. The predicted molar refractivity (Wildman–Crippen MR) is 119 cm³/mol. The van der Waals surface area contributed by atoms with Gasteiger partial charge < -0.3 is 14.5 Å². The molecule has 1 aromatic rings. The fraction of sp³-hybridized carbons (Fsp3) is 0.550. The molecule has 1 saturated carbocycles. The molecule has 1 aromatic heterocycles. The van der Waals surface area contributed by atoms with Crippen LogP contribution in [0.2, 0.25) is 0 Å². The second kappa shape index (κ2) is 11.4. The summed E-state index contributed by atoms with van der Waals surface area (Å²) in [5.41, 5.74) is 2.73. The number of ether oxygens (including phenoxy) is 1. The number of aliphatic imine (C=N–C) groups is 1. The summed E-state index contributed by atoms with van der Waals surface area (Å²) < 4.78 is 6.95. The molecule has 154 valence electrons. The van der Waals surface area contributed by atoms with Crippen LogP contribution >= 0.6 is 27.5 Å². The minimum atomic E-state index is 0.118. The minimum Gasteiger partial charge on any atom is -0.474 e. The lowest BCUT2D eigenvalue weighted by Crippen LogP contribution is -2.25. The number of halogens is 2. The van der Waals surface area contributed by atoms with Crippen LogP contribution in [0.5, 0.6) is 5.88 Å². The molecule has 0 atom stereocenters. The van der Waals surface area contributed by atoms with Crippen LogP contribution in [0.3, 0.4) is 0 Å². The van der Waals surface area contributed by atoms with Crippen molar-refractivity contribution in [1.82, 2.24) is 9.88 Å². The second-order valence-electron chi connectivity index (χ2n) is 6.76. The molecule has 0 aromatic carbocycles. The molecule has 1 aliphatic carbocycles. The summed E-state index contributed by atoms with van der Waals surface area (Å²) in [7, 11) is 1.99. The molecule has 0 unspecified atom stereocenters. The minimum absolute atomic E-state index is 0.118. The number of nitrogens with zero attached hydrogens (tertiary/aromatic N) is 4. The van der Waals surface area contributed by atoms with Gasteiger partial charge in [0.1, 0.15) is 12.7 Å². The van der Waals surface area contributed by atoms with E-state index in [0.717, 1.165) is 53.8 Å². The molecule has 0 radical (unpaired) electrons. The highest BCUT2D eigenvalue weighted by Crippen LogP contribution is 2.32. The van der Waals surface area contributed by atoms with Crippen LogP contribution < -0.4 is 4.74 Å². The van der Waals surface area contributed by atoms with Crippen LogP contribution in [0.25, 0.3) is 0 Å². The summed E-state index contributed by atoms with van der Waals surface area (Å²) in [5.74, 6) is 0.615. The first-order valence-electron chi connectivity index (χ1n) is 9.47. The highest BCUT2D eigenvalue weighted by atomic mass is 79.9. The molecular formula is C20H28BrClN4O2. The van der Waals surface area contributed by atoms with E-state index in [0.29, 0.717) is 17.5 Å². The van der Waals surface area contributed by atoms with Gasteiger partial charge in [-0.1, -0.05) is 16.8 Å².